The smallest absolute Gasteiger partial charge is 0.326 e. The molecule has 0 aromatic heterocycles. The SMILES string of the molecule is CCC(CC)C(Nc1cccc(F)c1)C(=O)O. The first kappa shape index (κ1) is 13.5. The van der Waals surface area contributed by atoms with Crippen LogP contribution < -0.4 is 5.32 Å². The maximum Gasteiger partial charge on any atom is 0.326 e. The summed E-state index contributed by atoms with van der Waals surface area (Å²) in [6.07, 6.45) is 1.55. The van der Waals surface area contributed by atoms with Crippen LogP contribution in [-0.2, 0) is 4.79 Å². The third-order valence-electron chi connectivity index (χ3n) is 2.93. The molecule has 0 aliphatic rings. The number of aliphatic carboxylic acids is 1. The fourth-order valence-electron chi connectivity index (χ4n) is 1.90. The van der Waals surface area contributed by atoms with E-state index in [4.69, 9.17) is 0 Å². The second kappa shape index (κ2) is 6.23. The number of hydrogen-bond donors (Lipinski definition) is 2. The number of hydrogen-bond acceptors (Lipinski definition) is 2. The third-order valence-corrected chi connectivity index (χ3v) is 2.93. The first-order chi connectivity index (χ1) is 8.08. The van der Waals surface area contributed by atoms with Crippen molar-refractivity contribution >= 4 is 11.7 Å². The number of benzene rings is 1. The zero-order chi connectivity index (χ0) is 12.8. The standard InChI is InChI=1S/C13H18FNO2/c1-3-9(4-2)12(13(16)17)15-11-7-5-6-10(14)8-11/h5-9,12,15H,3-4H2,1-2H3,(H,16,17). The van der Waals surface area contributed by atoms with E-state index in [1.165, 1.54) is 12.1 Å². The quantitative estimate of drug-likeness (QED) is 0.801. The zero-order valence-corrected chi connectivity index (χ0v) is 10.1. The van der Waals surface area contributed by atoms with Crippen molar-refractivity contribution in [2.45, 2.75) is 32.7 Å². The van der Waals surface area contributed by atoms with E-state index >= 15 is 0 Å². The van der Waals surface area contributed by atoms with Gasteiger partial charge in [-0.1, -0.05) is 32.8 Å². The van der Waals surface area contributed by atoms with E-state index in [1.54, 1.807) is 12.1 Å². The van der Waals surface area contributed by atoms with Crippen molar-refractivity contribution in [1.82, 2.24) is 0 Å². The average Bonchev–Trinajstić information content (AvgIpc) is 2.29. The van der Waals surface area contributed by atoms with Gasteiger partial charge in [-0.05, 0) is 24.1 Å². The second-order valence-electron chi connectivity index (χ2n) is 4.05. The number of carbonyl (C=O) groups is 1. The summed E-state index contributed by atoms with van der Waals surface area (Å²) in [5.74, 6) is -1.23. The highest BCUT2D eigenvalue weighted by molar-refractivity contribution is 5.77. The van der Waals surface area contributed by atoms with E-state index in [2.05, 4.69) is 5.32 Å². The molecule has 0 aliphatic carbocycles. The van der Waals surface area contributed by atoms with Crippen molar-refractivity contribution < 1.29 is 14.3 Å². The Morgan fingerprint density at radius 2 is 2.06 bits per heavy atom. The van der Waals surface area contributed by atoms with Gasteiger partial charge in [0.05, 0.1) is 0 Å². The lowest BCUT2D eigenvalue weighted by Crippen LogP contribution is -2.36. The van der Waals surface area contributed by atoms with Crippen molar-refractivity contribution in [3.63, 3.8) is 0 Å². The normalized spacial score (nSPS) is 12.5. The van der Waals surface area contributed by atoms with Crippen LogP contribution in [0.3, 0.4) is 0 Å². The Kier molecular flexibility index (Phi) is 4.94. The molecule has 0 aliphatic heterocycles. The van der Waals surface area contributed by atoms with Crippen LogP contribution in [-0.4, -0.2) is 17.1 Å². The summed E-state index contributed by atoms with van der Waals surface area (Å²) in [6, 6.07) is 5.19. The van der Waals surface area contributed by atoms with E-state index < -0.39 is 12.0 Å². The van der Waals surface area contributed by atoms with Crippen LogP contribution in [0.25, 0.3) is 0 Å². The minimum Gasteiger partial charge on any atom is -0.480 e. The number of carboxylic acids is 1. The second-order valence-corrected chi connectivity index (χ2v) is 4.05. The fourth-order valence-corrected chi connectivity index (χ4v) is 1.90. The molecular formula is C13H18FNO2. The van der Waals surface area contributed by atoms with Crippen molar-refractivity contribution in [1.29, 1.82) is 0 Å². The predicted molar refractivity (Wildman–Crippen MR) is 65.5 cm³/mol. The van der Waals surface area contributed by atoms with E-state index in [0.717, 1.165) is 12.8 Å². The molecule has 1 aromatic rings. The third kappa shape index (κ3) is 3.73. The molecule has 0 saturated heterocycles. The van der Waals surface area contributed by atoms with E-state index in [9.17, 15) is 14.3 Å². The molecule has 1 atom stereocenters. The van der Waals surface area contributed by atoms with Crippen LogP contribution in [0.15, 0.2) is 24.3 Å². The van der Waals surface area contributed by atoms with Gasteiger partial charge in [0.25, 0.3) is 0 Å². The van der Waals surface area contributed by atoms with Gasteiger partial charge in [0.15, 0.2) is 0 Å². The van der Waals surface area contributed by atoms with E-state index in [0.29, 0.717) is 5.69 Å². The van der Waals surface area contributed by atoms with Crippen LogP contribution in [0.4, 0.5) is 10.1 Å². The van der Waals surface area contributed by atoms with Gasteiger partial charge in [-0.15, -0.1) is 0 Å². The number of rotatable bonds is 6. The molecule has 1 rings (SSSR count). The first-order valence-electron chi connectivity index (χ1n) is 5.83. The molecule has 2 N–H and O–H groups in total. The zero-order valence-electron chi connectivity index (χ0n) is 10.1. The van der Waals surface area contributed by atoms with Gasteiger partial charge in [-0.25, -0.2) is 9.18 Å². The first-order valence-corrected chi connectivity index (χ1v) is 5.83. The van der Waals surface area contributed by atoms with E-state index in [-0.39, 0.29) is 11.7 Å². The van der Waals surface area contributed by atoms with E-state index in [1.807, 2.05) is 13.8 Å². The molecular weight excluding hydrogens is 221 g/mol. The van der Waals surface area contributed by atoms with Crippen LogP contribution in [0.2, 0.25) is 0 Å². The maximum absolute atomic E-state index is 13.0. The summed E-state index contributed by atoms with van der Waals surface area (Å²) in [5, 5.41) is 12.1. The van der Waals surface area contributed by atoms with Gasteiger partial charge in [0, 0.05) is 5.69 Å². The lowest BCUT2D eigenvalue weighted by atomic mass is 9.94. The molecule has 94 valence electrons. The van der Waals surface area contributed by atoms with Crippen LogP contribution in [0.5, 0.6) is 0 Å². The van der Waals surface area contributed by atoms with Crippen LogP contribution >= 0.6 is 0 Å². The molecule has 1 unspecified atom stereocenters. The Morgan fingerprint density at radius 1 is 1.41 bits per heavy atom. The molecule has 4 heteroatoms. The summed E-state index contributed by atoms with van der Waals surface area (Å²) in [6.45, 7) is 3.91. The number of nitrogens with one attached hydrogen (secondary N) is 1. The summed E-state index contributed by atoms with van der Waals surface area (Å²) < 4.78 is 13.0. The van der Waals surface area contributed by atoms with Crippen molar-refractivity contribution in [3.8, 4) is 0 Å². The molecule has 0 heterocycles. The monoisotopic (exact) mass is 239 g/mol. The van der Waals surface area contributed by atoms with Crippen LogP contribution in [0, 0.1) is 11.7 Å². The average molecular weight is 239 g/mol. The Bertz CT molecular complexity index is 377. The summed E-state index contributed by atoms with van der Waals surface area (Å²) in [7, 11) is 0. The Balaban J connectivity index is 2.83. The maximum atomic E-state index is 13.0. The topological polar surface area (TPSA) is 49.3 Å². The lowest BCUT2D eigenvalue weighted by molar-refractivity contribution is -0.139. The van der Waals surface area contributed by atoms with Gasteiger partial charge < -0.3 is 10.4 Å². The fraction of sp³-hybridized carbons (Fsp3) is 0.462. The minimum atomic E-state index is -0.900. The van der Waals surface area contributed by atoms with Gasteiger partial charge >= 0.3 is 5.97 Å². The Labute approximate surface area is 101 Å². The molecule has 0 spiro atoms. The lowest BCUT2D eigenvalue weighted by Gasteiger charge is -2.23. The highest BCUT2D eigenvalue weighted by Gasteiger charge is 2.25. The van der Waals surface area contributed by atoms with Gasteiger partial charge in [-0.3, -0.25) is 0 Å². The van der Waals surface area contributed by atoms with Crippen LogP contribution in [0.1, 0.15) is 26.7 Å². The molecule has 0 bridgehead atoms. The molecule has 17 heavy (non-hydrogen) atoms. The Morgan fingerprint density at radius 3 is 2.53 bits per heavy atom. The number of anilines is 1. The molecule has 3 nitrogen and oxygen atoms in total. The predicted octanol–water partition coefficient (Wildman–Crippen LogP) is 3.13. The molecule has 0 radical (unpaired) electrons. The van der Waals surface area contributed by atoms with Gasteiger partial charge in [0.1, 0.15) is 11.9 Å². The summed E-state index contributed by atoms with van der Waals surface area (Å²) >= 11 is 0. The number of carboxylic acid groups (broad SMARTS) is 1. The molecule has 0 saturated carbocycles. The largest absolute Gasteiger partial charge is 0.480 e. The minimum absolute atomic E-state index is 0.0377. The highest BCUT2D eigenvalue weighted by atomic mass is 19.1. The van der Waals surface area contributed by atoms with Crippen molar-refractivity contribution in [2.75, 3.05) is 5.32 Å². The number of halogens is 1. The highest BCUT2D eigenvalue weighted by Crippen LogP contribution is 2.19. The molecule has 1 aromatic carbocycles. The summed E-state index contributed by atoms with van der Waals surface area (Å²) in [4.78, 5) is 11.2. The van der Waals surface area contributed by atoms with Crippen molar-refractivity contribution in [2.24, 2.45) is 5.92 Å². The summed E-state index contributed by atoms with van der Waals surface area (Å²) in [5.41, 5.74) is 0.504. The molecule has 0 fully saturated rings. The van der Waals surface area contributed by atoms with Gasteiger partial charge in [-0.2, -0.15) is 0 Å². The Hall–Kier alpha value is -1.58. The van der Waals surface area contributed by atoms with Crippen molar-refractivity contribution in [3.05, 3.63) is 30.1 Å². The molecule has 0 amide bonds. The van der Waals surface area contributed by atoms with Gasteiger partial charge in [0.2, 0.25) is 0 Å².